The quantitative estimate of drug-likeness (QED) is 0.224. The number of hydrogen-bond acceptors (Lipinski definition) is 12. The van der Waals surface area contributed by atoms with E-state index < -0.39 is 72.7 Å². The number of carbonyl (C=O) groups is 1. The van der Waals surface area contributed by atoms with Gasteiger partial charge in [-0.2, -0.15) is 0 Å². The lowest BCUT2D eigenvalue weighted by Crippen LogP contribution is -2.95. The van der Waals surface area contributed by atoms with Crippen LogP contribution in [-0.4, -0.2) is 103 Å². The van der Waals surface area contributed by atoms with Gasteiger partial charge in [0.05, 0.1) is 12.5 Å². The summed E-state index contributed by atoms with van der Waals surface area (Å²) in [5.74, 6) is -5.22. The monoisotopic (exact) mass is 376 g/mol. The number of aliphatic hydroxyl groups is 5. The molecule has 10 N–H and O–H groups in total. The van der Waals surface area contributed by atoms with Crippen molar-refractivity contribution in [2.45, 2.75) is 47.8 Å². The van der Waals surface area contributed by atoms with E-state index in [2.05, 4.69) is 15.6 Å². The molecule has 4 fully saturated rings. The van der Waals surface area contributed by atoms with Crippen molar-refractivity contribution in [3.8, 4) is 0 Å². The number of carboxylic acid groups (broad SMARTS) is 1. The number of carboxylic acids is 1. The second-order valence-electron chi connectivity index (χ2n) is 7.06. The van der Waals surface area contributed by atoms with E-state index in [0.717, 1.165) is 0 Å². The van der Waals surface area contributed by atoms with Gasteiger partial charge in [-0.15, -0.1) is 0 Å². The summed E-state index contributed by atoms with van der Waals surface area (Å²) in [4.78, 5) is 14.5. The van der Waals surface area contributed by atoms with Crippen LogP contribution in [0, 0.1) is 5.92 Å². The molecule has 1 saturated carbocycles. The second-order valence-corrected chi connectivity index (χ2v) is 7.06. The molecule has 4 bridgehead atoms. The topological polar surface area (TPSA) is 219 Å². The van der Waals surface area contributed by atoms with Crippen LogP contribution in [-0.2, 0) is 14.3 Å². The number of aliphatic imine (C=N–C) groups is 1. The normalized spacial score (nSPS) is 54.4. The van der Waals surface area contributed by atoms with E-state index in [0.29, 0.717) is 0 Å². The maximum atomic E-state index is 11.1. The molecule has 0 aromatic rings. The van der Waals surface area contributed by atoms with Gasteiger partial charge in [-0.1, -0.05) is 0 Å². The average molecular weight is 376 g/mol. The van der Waals surface area contributed by atoms with Crippen LogP contribution in [0.2, 0.25) is 0 Å². The SMILES string of the molecule is NC1=NC(O)C2C3OC4(O)OC(C(O)C2(N1)C4O)C3(O)CNCC(=O)O. The molecular weight excluding hydrogens is 356 g/mol. The van der Waals surface area contributed by atoms with Crippen LogP contribution in [0.3, 0.4) is 0 Å². The van der Waals surface area contributed by atoms with Crippen LogP contribution in [0.25, 0.3) is 0 Å². The molecule has 0 aromatic heterocycles. The predicted molar refractivity (Wildman–Crippen MR) is 79.2 cm³/mol. The Morgan fingerprint density at radius 1 is 1.27 bits per heavy atom. The molecule has 4 heterocycles. The largest absolute Gasteiger partial charge is 0.480 e. The van der Waals surface area contributed by atoms with E-state index in [9.17, 15) is 30.3 Å². The minimum atomic E-state index is -2.56. The zero-order valence-electron chi connectivity index (χ0n) is 13.3. The smallest absolute Gasteiger partial charge is 0.317 e. The molecule has 9 atom stereocenters. The lowest BCUT2D eigenvalue weighted by Gasteiger charge is -2.71. The third kappa shape index (κ3) is 1.96. The highest BCUT2D eigenvalue weighted by atomic mass is 16.9. The number of ether oxygens (including phenoxy) is 2. The fourth-order valence-corrected chi connectivity index (χ4v) is 4.63. The molecule has 5 aliphatic rings. The second kappa shape index (κ2) is 5.24. The third-order valence-electron chi connectivity index (χ3n) is 5.65. The number of nitrogens with two attached hydrogens (primary N) is 1. The van der Waals surface area contributed by atoms with Crippen molar-refractivity contribution in [1.82, 2.24) is 10.6 Å². The Kier molecular flexibility index (Phi) is 3.59. The molecule has 3 saturated heterocycles. The van der Waals surface area contributed by atoms with Gasteiger partial charge in [-0.25, -0.2) is 4.99 Å². The Morgan fingerprint density at radius 3 is 2.58 bits per heavy atom. The fraction of sp³-hybridized carbons (Fsp3) is 0.846. The molecule has 0 aromatic carbocycles. The highest BCUT2D eigenvalue weighted by Crippen LogP contribution is 2.58. The van der Waals surface area contributed by atoms with Gasteiger partial charge < -0.3 is 56.5 Å². The zero-order chi connectivity index (χ0) is 19.1. The highest BCUT2D eigenvalue weighted by Gasteiger charge is 2.82. The summed E-state index contributed by atoms with van der Waals surface area (Å²) in [7, 11) is 0. The van der Waals surface area contributed by atoms with Crippen LogP contribution in [0.4, 0.5) is 0 Å². The first-order chi connectivity index (χ1) is 12.1. The lowest BCUT2D eigenvalue weighted by molar-refractivity contribution is -0.546. The van der Waals surface area contributed by atoms with E-state index in [1.54, 1.807) is 0 Å². The molecule has 13 heteroatoms. The first kappa shape index (κ1) is 17.8. The number of nitrogens with one attached hydrogen (secondary N) is 2. The van der Waals surface area contributed by atoms with Crippen LogP contribution < -0.4 is 16.4 Å². The number of guanidine groups is 1. The Labute approximate surface area is 146 Å². The van der Waals surface area contributed by atoms with Crippen LogP contribution in [0.1, 0.15) is 0 Å². The molecule has 0 amide bonds. The number of hydrogen-bond donors (Lipinski definition) is 9. The van der Waals surface area contributed by atoms with E-state index in [4.69, 9.17) is 20.3 Å². The molecule has 0 radical (unpaired) electrons. The maximum Gasteiger partial charge on any atom is 0.317 e. The summed E-state index contributed by atoms with van der Waals surface area (Å²) in [5, 5.41) is 67.3. The summed E-state index contributed by atoms with van der Waals surface area (Å²) in [5.41, 5.74) is 1.81. The van der Waals surface area contributed by atoms with Crippen LogP contribution >= 0.6 is 0 Å². The van der Waals surface area contributed by atoms with Gasteiger partial charge in [0.1, 0.15) is 29.5 Å². The van der Waals surface area contributed by atoms with Gasteiger partial charge in [0, 0.05) is 6.54 Å². The van der Waals surface area contributed by atoms with E-state index in [1.807, 2.05) is 0 Å². The van der Waals surface area contributed by atoms with Crippen molar-refractivity contribution < 1.29 is 44.9 Å². The van der Waals surface area contributed by atoms with Crippen molar-refractivity contribution in [3.05, 3.63) is 0 Å². The van der Waals surface area contributed by atoms with E-state index in [-0.39, 0.29) is 5.96 Å². The van der Waals surface area contributed by atoms with Crippen molar-refractivity contribution in [3.63, 3.8) is 0 Å². The van der Waals surface area contributed by atoms with E-state index in [1.165, 1.54) is 0 Å². The molecule has 13 nitrogen and oxygen atoms in total. The number of rotatable bonds is 4. The van der Waals surface area contributed by atoms with Crippen LogP contribution in [0.5, 0.6) is 0 Å². The van der Waals surface area contributed by atoms with Gasteiger partial charge in [0.2, 0.25) is 0 Å². The lowest BCUT2D eigenvalue weighted by atomic mass is 9.55. The Bertz CT molecular complexity index is 678. The standard InChI is InChI=1S/C13H20N4O9/c14-10-16-8(21)4-6-11(23,2-15-1-3(18)19)7-5(20)12(4,17-10)9(22)13(24,25-6)26-7/h4-9,15,20-24H,1-2H2,(H,18,19)(H3,14,16,17). The Morgan fingerprint density at radius 2 is 1.92 bits per heavy atom. The molecule has 9 unspecified atom stereocenters. The molecule has 1 aliphatic carbocycles. The molecule has 5 rings (SSSR count). The van der Waals surface area contributed by atoms with Crippen LogP contribution in [0.15, 0.2) is 4.99 Å². The molecule has 1 spiro atoms. The van der Waals surface area contributed by atoms with Gasteiger partial charge >= 0.3 is 11.9 Å². The van der Waals surface area contributed by atoms with Gasteiger partial charge in [0.25, 0.3) is 0 Å². The average Bonchev–Trinajstić information content (AvgIpc) is 2.52. The maximum absolute atomic E-state index is 11.1. The molecule has 146 valence electrons. The first-order valence-electron chi connectivity index (χ1n) is 7.95. The van der Waals surface area contributed by atoms with Gasteiger partial charge in [-0.3, -0.25) is 4.79 Å². The van der Waals surface area contributed by atoms with Gasteiger partial charge in [0.15, 0.2) is 18.3 Å². The summed E-state index contributed by atoms with van der Waals surface area (Å²) in [6.45, 7) is -0.886. The number of aliphatic hydroxyl groups excluding tert-OH is 3. The van der Waals surface area contributed by atoms with Gasteiger partial charge in [-0.05, 0) is 0 Å². The first-order valence-corrected chi connectivity index (χ1v) is 7.95. The number of aliphatic carboxylic acids is 1. The summed E-state index contributed by atoms with van der Waals surface area (Å²) >= 11 is 0. The molecular formula is C13H20N4O9. The van der Waals surface area contributed by atoms with Crippen molar-refractivity contribution >= 4 is 11.9 Å². The fourth-order valence-electron chi connectivity index (χ4n) is 4.63. The third-order valence-corrected chi connectivity index (χ3v) is 5.65. The minimum Gasteiger partial charge on any atom is -0.480 e. The summed E-state index contributed by atoms with van der Waals surface area (Å²) in [6, 6.07) is 0. The predicted octanol–water partition coefficient (Wildman–Crippen LogP) is -5.84. The summed E-state index contributed by atoms with van der Waals surface area (Å²) in [6.07, 6.45) is -7.90. The van der Waals surface area contributed by atoms with E-state index >= 15 is 0 Å². The van der Waals surface area contributed by atoms with Crippen molar-refractivity contribution in [2.75, 3.05) is 13.1 Å². The minimum absolute atomic E-state index is 0.273. The van der Waals surface area contributed by atoms with Crippen molar-refractivity contribution in [1.29, 1.82) is 0 Å². The number of nitrogens with zero attached hydrogens (tertiary/aromatic N) is 1. The highest BCUT2D eigenvalue weighted by molar-refractivity contribution is 5.80. The molecule has 4 aliphatic heterocycles. The Balaban J connectivity index is 1.78. The Hall–Kier alpha value is -1.58. The molecule has 26 heavy (non-hydrogen) atoms. The van der Waals surface area contributed by atoms with Crippen molar-refractivity contribution in [2.24, 2.45) is 16.6 Å². The zero-order valence-corrected chi connectivity index (χ0v) is 13.3. The summed E-state index contributed by atoms with van der Waals surface area (Å²) < 4.78 is 10.6.